The smallest absolute Gasteiger partial charge is 0.244 e. The standard InChI is InChI=1S/C49H42N6O.Pt/c1-32-24-46(52-29-39(32)33-27-50-30-51-28-33)55-42-19-9-8-16-37(42)38-23-22-36(26-45(38)55)56-35-15-12-14-34(25-35)53-31-54(44-21-11-10-20-43(44)53)47-40(48(2,3)4)17-13-18-41(47)49(5,6)7;/h8-24,27-30H,1-7H3;/q-2;. The molecule has 0 saturated heterocycles. The Morgan fingerprint density at radius 2 is 1.25 bits per heavy atom. The van der Waals surface area contributed by atoms with Gasteiger partial charge < -0.3 is 0 Å². The molecule has 9 rings (SSSR count). The molecule has 0 radical (unpaired) electrons. The maximum absolute atomic E-state index is 6.63. The molecule has 0 aliphatic carbocycles. The van der Waals surface area contributed by atoms with Crippen LogP contribution in [0.1, 0.15) is 58.2 Å². The third-order valence-electron chi connectivity index (χ3n) is 10.5. The molecule has 0 fully saturated rings. The minimum Gasteiger partial charge on any atom is -0.244 e. The Kier molecular flexibility index (Phi) is 8.97. The van der Waals surface area contributed by atoms with Gasteiger partial charge in [-0.2, -0.15) is 0 Å². The van der Waals surface area contributed by atoms with Crippen LogP contribution in [0.15, 0.2) is 128 Å². The molecule has 0 N–H and O–H groups in total. The topological polar surface area (TPSA) is 62.7 Å². The Bertz CT molecular complexity index is 3020. The minimum absolute atomic E-state index is 0.0742. The van der Waals surface area contributed by atoms with Crippen molar-refractivity contribution >= 4 is 32.8 Å². The maximum atomic E-state index is 6.63. The minimum atomic E-state index is -0.0742. The second kappa shape index (κ2) is 13.9. The quantitative estimate of drug-likeness (QED) is 0.156. The molecule has 4 aromatic heterocycles. The fourth-order valence-electron chi connectivity index (χ4n) is 7.87. The third-order valence-corrected chi connectivity index (χ3v) is 11.6. The SMILES string of the molecule is Cc1cc(-n2c3[c-]c(Oc4[c-]c(-n5[c](=[Pt])n(-c6c(C(C)(C)C)cccc6C(C)(C)C)c6ccccc65)ccc4)ccc3c3ccccc32)ncc1-c1cncnc1. The molecule has 0 aliphatic rings. The van der Waals surface area contributed by atoms with Crippen molar-refractivity contribution in [3.8, 4) is 39.8 Å². The summed E-state index contributed by atoms with van der Waals surface area (Å²) in [5, 5.41) is 2.19. The van der Waals surface area contributed by atoms with Gasteiger partial charge >= 0.3 is 275 Å². The van der Waals surface area contributed by atoms with Gasteiger partial charge in [-0.25, -0.2) is 9.97 Å². The zero-order chi connectivity index (χ0) is 39.6. The number of imidazole rings is 1. The van der Waals surface area contributed by atoms with Crippen molar-refractivity contribution in [3.63, 3.8) is 0 Å². The van der Waals surface area contributed by atoms with Crippen LogP contribution in [0.4, 0.5) is 0 Å². The van der Waals surface area contributed by atoms with Crippen molar-refractivity contribution < 1.29 is 24.1 Å². The van der Waals surface area contributed by atoms with E-state index in [1.165, 1.54) is 23.1 Å². The number of benzene rings is 5. The first-order valence-electron chi connectivity index (χ1n) is 19.1. The summed E-state index contributed by atoms with van der Waals surface area (Å²) in [6, 6.07) is 43.3. The van der Waals surface area contributed by atoms with Crippen molar-refractivity contribution in [1.29, 1.82) is 0 Å². The van der Waals surface area contributed by atoms with E-state index in [9.17, 15) is 0 Å². The molecule has 0 unspecified atom stereocenters. The van der Waals surface area contributed by atoms with Crippen LogP contribution in [-0.2, 0) is 30.2 Å². The van der Waals surface area contributed by atoms with E-state index in [-0.39, 0.29) is 10.8 Å². The molecule has 8 heteroatoms. The van der Waals surface area contributed by atoms with E-state index in [2.05, 4.69) is 189 Å². The molecular weight excluding hydrogens is 884 g/mol. The third kappa shape index (κ3) is 6.44. The second-order valence-corrected chi connectivity index (χ2v) is 17.5. The summed E-state index contributed by atoms with van der Waals surface area (Å²) in [5.74, 6) is 1.98. The van der Waals surface area contributed by atoms with Gasteiger partial charge in [0.2, 0.25) is 0 Å². The van der Waals surface area contributed by atoms with Crippen molar-refractivity contribution in [2.45, 2.75) is 59.3 Å². The molecule has 0 atom stereocenters. The molecule has 0 aliphatic heterocycles. The van der Waals surface area contributed by atoms with Crippen molar-refractivity contribution in [2.75, 3.05) is 0 Å². The summed E-state index contributed by atoms with van der Waals surface area (Å²) in [6.45, 7) is 15.9. The number of hydrogen-bond acceptors (Lipinski definition) is 4. The van der Waals surface area contributed by atoms with E-state index in [1.54, 1.807) is 0 Å². The monoisotopic (exact) mass is 925 g/mol. The summed E-state index contributed by atoms with van der Waals surface area (Å²) in [5.41, 5.74) is 11.7. The van der Waals surface area contributed by atoms with E-state index in [1.807, 2.05) is 36.8 Å². The van der Waals surface area contributed by atoms with Gasteiger partial charge in [-0.15, -0.1) is 0 Å². The van der Waals surface area contributed by atoms with Crippen LogP contribution < -0.4 is 4.74 Å². The van der Waals surface area contributed by atoms with E-state index >= 15 is 0 Å². The molecule has 7 nitrogen and oxygen atoms in total. The van der Waals surface area contributed by atoms with E-state index in [4.69, 9.17) is 9.72 Å². The summed E-state index contributed by atoms with van der Waals surface area (Å²) in [4.78, 5) is 13.4. The van der Waals surface area contributed by atoms with Crippen molar-refractivity contribution in [3.05, 3.63) is 161 Å². The van der Waals surface area contributed by atoms with Gasteiger partial charge in [-0.1, -0.05) is 12.1 Å². The molecule has 286 valence electrons. The molecule has 0 saturated carbocycles. The Morgan fingerprint density at radius 3 is 1.93 bits per heavy atom. The zero-order valence-electron chi connectivity index (χ0n) is 33.0. The van der Waals surface area contributed by atoms with Crippen LogP contribution in [0, 0.1) is 22.9 Å². The van der Waals surface area contributed by atoms with Crippen LogP contribution >= 0.6 is 0 Å². The van der Waals surface area contributed by atoms with Crippen molar-refractivity contribution in [2.24, 2.45) is 0 Å². The van der Waals surface area contributed by atoms with Gasteiger partial charge in [0.15, 0.2) is 0 Å². The Balaban J connectivity index is 1.15. The molecular formula is C49H42N6OPt-2. The fourth-order valence-corrected chi connectivity index (χ4v) is 8.94. The van der Waals surface area contributed by atoms with Gasteiger partial charge in [0.05, 0.1) is 0 Å². The first-order chi connectivity index (χ1) is 27.4. The molecule has 5 aromatic carbocycles. The summed E-state index contributed by atoms with van der Waals surface area (Å²) in [6.07, 6.45) is 7.06. The first kappa shape index (κ1) is 36.7. The predicted molar refractivity (Wildman–Crippen MR) is 225 cm³/mol. The normalized spacial score (nSPS) is 12.2. The molecule has 57 heavy (non-hydrogen) atoms. The average Bonchev–Trinajstić information content (AvgIpc) is 3.68. The zero-order valence-corrected chi connectivity index (χ0v) is 35.3. The van der Waals surface area contributed by atoms with Crippen LogP contribution in [0.3, 0.4) is 0 Å². The van der Waals surface area contributed by atoms with E-state index in [0.29, 0.717) is 11.5 Å². The second-order valence-electron chi connectivity index (χ2n) is 16.5. The molecule has 9 aromatic rings. The number of para-hydroxylation sites is 4. The van der Waals surface area contributed by atoms with Gasteiger partial charge in [-0.05, 0) is 12.5 Å². The van der Waals surface area contributed by atoms with Crippen LogP contribution in [0.5, 0.6) is 11.5 Å². The van der Waals surface area contributed by atoms with Crippen LogP contribution in [0.25, 0.3) is 61.2 Å². The van der Waals surface area contributed by atoms with E-state index in [0.717, 1.165) is 64.8 Å². The number of pyridine rings is 1. The number of aryl methyl sites for hydroxylation is 1. The van der Waals surface area contributed by atoms with Crippen molar-refractivity contribution in [1.82, 2.24) is 28.7 Å². The number of fused-ring (bicyclic) bond motifs is 4. The van der Waals surface area contributed by atoms with Gasteiger partial charge in [-0.3, -0.25) is 0 Å². The summed E-state index contributed by atoms with van der Waals surface area (Å²) >= 11 is 2.48. The number of rotatable bonds is 6. The number of aromatic nitrogens is 6. The van der Waals surface area contributed by atoms with Gasteiger partial charge in [0.25, 0.3) is 0 Å². The average molecular weight is 926 g/mol. The molecule has 4 heterocycles. The number of ether oxygens (including phenoxy) is 1. The van der Waals surface area contributed by atoms with Crippen LogP contribution in [0.2, 0.25) is 0 Å². The first-order valence-corrected chi connectivity index (χ1v) is 20.2. The Labute approximate surface area is 343 Å². The Hall–Kier alpha value is -5.91. The number of hydrogen-bond donors (Lipinski definition) is 0. The predicted octanol–water partition coefficient (Wildman–Crippen LogP) is 11.7. The fraction of sp³-hybridized carbons (Fsp3) is 0.184. The van der Waals surface area contributed by atoms with Gasteiger partial charge in [0.1, 0.15) is 6.33 Å². The number of nitrogens with zero attached hydrogens (tertiary/aromatic N) is 6. The molecule has 0 amide bonds. The van der Waals surface area contributed by atoms with Gasteiger partial charge in [0, 0.05) is 29.7 Å². The summed E-state index contributed by atoms with van der Waals surface area (Å²) < 4.78 is 14.5. The van der Waals surface area contributed by atoms with Crippen LogP contribution in [-0.4, -0.2) is 28.7 Å². The Morgan fingerprint density at radius 1 is 0.614 bits per heavy atom. The molecule has 0 bridgehead atoms. The summed E-state index contributed by atoms with van der Waals surface area (Å²) in [7, 11) is 0. The molecule has 0 spiro atoms. The van der Waals surface area contributed by atoms with E-state index < -0.39 is 0 Å².